The Balaban J connectivity index is 1.29. The van der Waals surface area contributed by atoms with Crippen LogP contribution in [0.25, 0.3) is 10.2 Å². The molecule has 8 heteroatoms. The van der Waals surface area contributed by atoms with Crippen molar-refractivity contribution in [2.75, 3.05) is 13.1 Å². The zero-order valence-electron chi connectivity index (χ0n) is 15.5. The number of allylic oxidation sites excluding steroid dienone is 3. The van der Waals surface area contributed by atoms with E-state index in [4.69, 9.17) is 0 Å². The van der Waals surface area contributed by atoms with E-state index in [1.807, 2.05) is 24.3 Å². The molecule has 29 heavy (non-hydrogen) atoms. The topological polar surface area (TPSA) is 82.9 Å². The number of piperidine rings is 1. The minimum Gasteiger partial charge on any atom is -0.336 e. The highest BCUT2D eigenvalue weighted by molar-refractivity contribution is 7.20. The number of hydrogen-bond donors (Lipinski definition) is 0. The second kappa shape index (κ2) is 7.04. The van der Waals surface area contributed by atoms with Gasteiger partial charge >= 0.3 is 6.03 Å². The molecule has 0 spiro atoms. The lowest BCUT2D eigenvalue weighted by molar-refractivity contribution is -0.131. The Hall–Kier alpha value is -3.13. The molecule has 1 saturated heterocycles. The fourth-order valence-corrected chi connectivity index (χ4v) is 4.95. The third-order valence-electron chi connectivity index (χ3n) is 5.53. The van der Waals surface area contributed by atoms with Crippen LogP contribution in [-0.2, 0) is 4.79 Å². The van der Waals surface area contributed by atoms with Gasteiger partial charge in [-0.05, 0) is 31.1 Å². The summed E-state index contributed by atoms with van der Waals surface area (Å²) in [5.74, 6) is -0.807. The third kappa shape index (κ3) is 3.09. The first-order valence-electron chi connectivity index (χ1n) is 9.57. The first kappa shape index (κ1) is 17.9. The summed E-state index contributed by atoms with van der Waals surface area (Å²) in [6.45, 7) is 0.959. The van der Waals surface area contributed by atoms with Crippen LogP contribution in [0, 0.1) is 5.92 Å². The zero-order chi connectivity index (χ0) is 20.0. The standard InChI is InChI=1S/C21H18N4O3S/c26-19-14-5-1-2-6-15(14)23-21(28)25(19)13-9-11-24(12-10-13)20(27)18-22-16-7-3-4-8-17(16)29-18/h1-8,13-14H,9-12H2. The summed E-state index contributed by atoms with van der Waals surface area (Å²) in [7, 11) is 0. The van der Waals surface area contributed by atoms with Crippen molar-refractivity contribution in [1.29, 1.82) is 0 Å². The summed E-state index contributed by atoms with van der Waals surface area (Å²) in [6, 6.07) is 6.94. The van der Waals surface area contributed by atoms with E-state index in [0.717, 1.165) is 10.2 Å². The van der Waals surface area contributed by atoms with Gasteiger partial charge in [-0.3, -0.25) is 14.5 Å². The number of carbonyl (C=O) groups is 3. The summed E-state index contributed by atoms with van der Waals surface area (Å²) in [4.78, 5) is 49.8. The Morgan fingerprint density at radius 1 is 1.10 bits per heavy atom. The number of thiazole rings is 1. The lowest BCUT2D eigenvalue weighted by Gasteiger charge is -2.39. The zero-order valence-corrected chi connectivity index (χ0v) is 16.3. The molecule has 3 aliphatic rings. The number of fused-ring (bicyclic) bond motifs is 2. The maximum Gasteiger partial charge on any atom is 0.350 e. The molecular weight excluding hydrogens is 388 g/mol. The minimum atomic E-state index is -0.503. The smallest absolute Gasteiger partial charge is 0.336 e. The molecule has 7 nitrogen and oxygen atoms in total. The largest absolute Gasteiger partial charge is 0.350 e. The molecule has 5 rings (SSSR count). The fourth-order valence-electron chi connectivity index (χ4n) is 4.02. The quantitative estimate of drug-likeness (QED) is 0.767. The summed E-state index contributed by atoms with van der Waals surface area (Å²) in [5.41, 5.74) is 1.32. The second-order valence-corrected chi connectivity index (χ2v) is 8.29. The van der Waals surface area contributed by atoms with Gasteiger partial charge in [0.05, 0.1) is 21.8 Å². The predicted octanol–water partition coefficient (Wildman–Crippen LogP) is 3.05. The van der Waals surface area contributed by atoms with Crippen molar-refractivity contribution >= 4 is 45.1 Å². The lowest BCUT2D eigenvalue weighted by Crippen LogP contribution is -2.54. The number of likely N-dealkylation sites (tertiary alicyclic amines) is 1. The maximum absolute atomic E-state index is 12.9. The number of benzene rings is 1. The molecule has 1 fully saturated rings. The van der Waals surface area contributed by atoms with Crippen LogP contribution in [0.4, 0.5) is 4.79 Å². The van der Waals surface area contributed by atoms with E-state index in [2.05, 4.69) is 9.98 Å². The average Bonchev–Trinajstić information content (AvgIpc) is 3.18. The van der Waals surface area contributed by atoms with Crippen molar-refractivity contribution in [3.63, 3.8) is 0 Å². The first-order valence-corrected chi connectivity index (χ1v) is 10.4. The van der Waals surface area contributed by atoms with Crippen LogP contribution >= 0.6 is 11.3 Å². The predicted molar refractivity (Wildman–Crippen MR) is 110 cm³/mol. The average molecular weight is 406 g/mol. The number of hydrogen-bond acceptors (Lipinski definition) is 5. The van der Waals surface area contributed by atoms with Crippen LogP contribution in [0.5, 0.6) is 0 Å². The van der Waals surface area contributed by atoms with E-state index in [0.29, 0.717) is 36.7 Å². The summed E-state index contributed by atoms with van der Waals surface area (Å²) in [5, 5.41) is 0.475. The van der Waals surface area contributed by atoms with Crippen LogP contribution in [0.3, 0.4) is 0 Å². The maximum atomic E-state index is 12.9. The molecule has 1 atom stereocenters. The van der Waals surface area contributed by atoms with Gasteiger partial charge in [-0.15, -0.1) is 11.3 Å². The van der Waals surface area contributed by atoms with Crippen molar-refractivity contribution in [3.8, 4) is 0 Å². The highest BCUT2D eigenvalue weighted by Crippen LogP contribution is 2.28. The Labute approximate surface area is 171 Å². The number of carbonyl (C=O) groups excluding carboxylic acids is 3. The van der Waals surface area contributed by atoms with Crippen LogP contribution in [0.15, 0.2) is 53.6 Å². The van der Waals surface area contributed by atoms with Gasteiger partial charge in [0.2, 0.25) is 5.91 Å². The van der Waals surface area contributed by atoms with Crippen LogP contribution in [0.2, 0.25) is 0 Å². The molecule has 1 aromatic heterocycles. The summed E-state index contributed by atoms with van der Waals surface area (Å²) < 4.78 is 0.985. The number of urea groups is 1. The molecule has 2 aliphatic heterocycles. The lowest BCUT2D eigenvalue weighted by atomic mass is 9.93. The molecule has 0 bridgehead atoms. The Morgan fingerprint density at radius 3 is 2.69 bits per heavy atom. The first-order chi connectivity index (χ1) is 14.1. The summed E-state index contributed by atoms with van der Waals surface area (Å²) >= 11 is 1.39. The van der Waals surface area contributed by atoms with E-state index in [-0.39, 0.29) is 17.9 Å². The van der Waals surface area contributed by atoms with Gasteiger partial charge in [0.25, 0.3) is 5.91 Å². The number of nitrogens with zero attached hydrogens (tertiary/aromatic N) is 4. The van der Waals surface area contributed by atoms with Crippen molar-refractivity contribution in [3.05, 3.63) is 53.6 Å². The number of imide groups is 1. The van der Waals surface area contributed by atoms with Crippen molar-refractivity contribution in [2.24, 2.45) is 10.9 Å². The molecule has 1 unspecified atom stereocenters. The molecule has 2 aromatic rings. The number of amides is 4. The number of para-hydroxylation sites is 1. The molecule has 4 amide bonds. The Morgan fingerprint density at radius 2 is 1.90 bits per heavy atom. The van der Waals surface area contributed by atoms with Gasteiger partial charge in [0.15, 0.2) is 5.01 Å². The molecule has 0 N–H and O–H groups in total. The monoisotopic (exact) mass is 406 g/mol. The molecule has 1 aromatic carbocycles. The highest BCUT2D eigenvalue weighted by atomic mass is 32.1. The number of aromatic nitrogens is 1. The third-order valence-corrected chi connectivity index (χ3v) is 6.55. The van der Waals surface area contributed by atoms with Gasteiger partial charge in [0, 0.05) is 19.1 Å². The van der Waals surface area contributed by atoms with Crippen LogP contribution in [0.1, 0.15) is 22.6 Å². The normalized spacial score (nSPS) is 22.2. The highest BCUT2D eigenvalue weighted by Gasteiger charge is 2.41. The van der Waals surface area contributed by atoms with Gasteiger partial charge in [-0.25, -0.2) is 9.78 Å². The van der Waals surface area contributed by atoms with E-state index >= 15 is 0 Å². The molecule has 1 aliphatic carbocycles. The van der Waals surface area contributed by atoms with Crippen LogP contribution in [-0.4, -0.2) is 57.5 Å². The molecule has 146 valence electrons. The van der Waals surface area contributed by atoms with Crippen LogP contribution < -0.4 is 0 Å². The molecule has 0 radical (unpaired) electrons. The molecule has 0 saturated carbocycles. The summed E-state index contributed by atoms with van der Waals surface area (Å²) in [6.07, 6.45) is 8.15. The Bertz CT molecular complexity index is 1080. The second-order valence-electron chi connectivity index (χ2n) is 7.26. The van der Waals surface area contributed by atoms with E-state index in [1.54, 1.807) is 29.2 Å². The van der Waals surface area contributed by atoms with Gasteiger partial charge in [-0.1, -0.05) is 30.4 Å². The SMILES string of the molecule is O=C(c1nc2ccccc2s1)N1CCC(N2C(=O)N=C3C=CC=CC3C2=O)CC1. The van der Waals surface area contributed by atoms with E-state index in [9.17, 15) is 14.4 Å². The van der Waals surface area contributed by atoms with Gasteiger partial charge in [0.1, 0.15) is 0 Å². The van der Waals surface area contributed by atoms with E-state index < -0.39 is 11.9 Å². The van der Waals surface area contributed by atoms with Crippen molar-refractivity contribution in [2.45, 2.75) is 18.9 Å². The number of aliphatic imine (C=N–C) groups is 1. The Kier molecular flexibility index (Phi) is 4.35. The fraction of sp³-hybridized carbons (Fsp3) is 0.286. The van der Waals surface area contributed by atoms with Crippen molar-refractivity contribution < 1.29 is 14.4 Å². The van der Waals surface area contributed by atoms with Gasteiger partial charge in [-0.2, -0.15) is 4.99 Å². The molecule has 3 heterocycles. The minimum absolute atomic E-state index is 0.0957. The number of rotatable bonds is 2. The van der Waals surface area contributed by atoms with Gasteiger partial charge < -0.3 is 4.90 Å². The molecular formula is C21H18N4O3S. The van der Waals surface area contributed by atoms with Crippen molar-refractivity contribution in [1.82, 2.24) is 14.8 Å². The van der Waals surface area contributed by atoms with E-state index in [1.165, 1.54) is 16.2 Å².